The highest BCUT2D eigenvalue weighted by Gasteiger charge is 2.31. The van der Waals surface area contributed by atoms with E-state index in [1.807, 2.05) is 24.3 Å². The van der Waals surface area contributed by atoms with Crippen molar-refractivity contribution in [3.8, 4) is 0 Å². The number of hydrogen-bond acceptors (Lipinski definition) is 5. The number of carbonyl (C=O) groups is 2. The molecule has 4 rings (SSSR count). The van der Waals surface area contributed by atoms with Crippen molar-refractivity contribution in [3.05, 3.63) is 59.2 Å². The van der Waals surface area contributed by atoms with Crippen LogP contribution in [0.25, 0.3) is 0 Å². The van der Waals surface area contributed by atoms with Crippen LogP contribution in [0.3, 0.4) is 0 Å². The molecule has 2 amide bonds. The maximum atomic E-state index is 13.1. The zero-order valence-corrected chi connectivity index (χ0v) is 19.7. The fourth-order valence-electron chi connectivity index (χ4n) is 4.52. The minimum absolute atomic E-state index is 0.0727. The molecule has 1 N–H and O–H groups in total. The van der Waals surface area contributed by atoms with E-state index in [4.69, 9.17) is 4.74 Å². The molecule has 0 saturated carbocycles. The van der Waals surface area contributed by atoms with Crippen molar-refractivity contribution in [3.63, 3.8) is 0 Å². The standard InChI is InChI=1S/C24H29N3O5S/c1-17-7-8-20(15-23(17)33(30,31)26-11-13-32-14-12-26)25-24(29)16-22-21-6-4-3-5-19(21)9-10-27(22)18(2)28/h3-8,15,22H,9-14,16H2,1-2H3,(H,25,29). The third-order valence-electron chi connectivity index (χ3n) is 6.26. The van der Waals surface area contributed by atoms with Gasteiger partial charge in [-0.3, -0.25) is 9.59 Å². The van der Waals surface area contributed by atoms with Gasteiger partial charge in [-0.05, 0) is 42.2 Å². The van der Waals surface area contributed by atoms with Gasteiger partial charge in [-0.15, -0.1) is 0 Å². The van der Waals surface area contributed by atoms with Gasteiger partial charge in [-0.2, -0.15) is 4.31 Å². The Balaban J connectivity index is 1.54. The topological polar surface area (TPSA) is 96.0 Å². The Morgan fingerprint density at radius 3 is 2.55 bits per heavy atom. The second kappa shape index (κ2) is 9.62. The maximum Gasteiger partial charge on any atom is 0.243 e. The summed E-state index contributed by atoms with van der Waals surface area (Å²) in [5, 5.41) is 2.84. The number of sulfonamides is 1. The van der Waals surface area contributed by atoms with Crippen LogP contribution in [0.15, 0.2) is 47.4 Å². The molecule has 0 aromatic heterocycles. The van der Waals surface area contributed by atoms with Crippen LogP contribution >= 0.6 is 0 Å². The van der Waals surface area contributed by atoms with Gasteiger partial charge in [0.1, 0.15) is 0 Å². The highest BCUT2D eigenvalue weighted by molar-refractivity contribution is 7.89. The fourth-order valence-corrected chi connectivity index (χ4v) is 6.18. The number of nitrogens with one attached hydrogen (secondary N) is 1. The Morgan fingerprint density at radius 2 is 1.82 bits per heavy atom. The summed E-state index contributed by atoms with van der Waals surface area (Å²) in [6, 6.07) is 12.4. The number of carbonyl (C=O) groups excluding carboxylic acids is 2. The molecular weight excluding hydrogens is 442 g/mol. The Bertz CT molecular complexity index is 1160. The summed E-state index contributed by atoms with van der Waals surface area (Å²) in [6.07, 6.45) is 0.852. The molecule has 2 aliphatic rings. The third kappa shape index (κ3) is 4.95. The minimum Gasteiger partial charge on any atom is -0.379 e. The van der Waals surface area contributed by atoms with E-state index in [9.17, 15) is 18.0 Å². The third-order valence-corrected chi connectivity index (χ3v) is 8.30. The minimum atomic E-state index is -3.69. The van der Waals surface area contributed by atoms with Gasteiger partial charge >= 0.3 is 0 Å². The lowest BCUT2D eigenvalue weighted by Gasteiger charge is -2.36. The van der Waals surface area contributed by atoms with E-state index in [0.29, 0.717) is 44.1 Å². The highest BCUT2D eigenvalue weighted by Crippen LogP contribution is 2.33. The molecule has 1 atom stereocenters. The van der Waals surface area contributed by atoms with Crippen molar-refractivity contribution in [2.45, 2.75) is 37.6 Å². The molecular formula is C24H29N3O5S. The van der Waals surface area contributed by atoms with E-state index < -0.39 is 10.0 Å². The number of rotatable bonds is 5. The van der Waals surface area contributed by atoms with Crippen molar-refractivity contribution in [1.82, 2.24) is 9.21 Å². The number of nitrogens with zero attached hydrogens (tertiary/aromatic N) is 2. The number of fused-ring (bicyclic) bond motifs is 1. The summed E-state index contributed by atoms with van der Waals surface area (Å²) in [5.41, 5.74) is 3.15. The molecule has 0 radical (unpaired) electrons. The largest absolute Gasteiger partial charge is 0.379 e. The molecule has 0 spiro atoms. The van der Waals surface area contributed by atoms with Crippen molar-refractivity contribution in [1.29, 1.82) is 0 Å². The predicted molar refractivity (Wildman–Crippen MR) is 124 cm³/mol. The van der Waals surface area contributed by atoms with Crippen LogP contribution in [0.5, 0.6) is 0 Å². The first-order chi connectivity index (χ1) is 15.8. The molecule has 0 aliphatic carbocycles. The Kier molecular flexibility index (Phi) is 6.83. The summed E-state index contributed by atoms with van der Waals surface area (Å²) in [4.78, 5) is 27.1. The highest BCUT2D eigenvalue weighted by atomic mass is 32.2. The van der Waals surface area contributed by atoms with Crippen LogP contribution < -0.4 is 5.32 Å². The molecule has 176 valence electrons. The second-order valence-corrected chi connectivity index (χ2v) is 10.3. The average molecular weight is 472 g/mol. The Hall–Kier alpha value is -2.75. The maximum absolute atomic E-state index is 13.1. The summed E-state index contributed by atoms with van der Waals surface area (Å²) < 4.78 is 32.9. The molecule has 33 heavy (non-hydrogen) atoms. The van der Waals surface area contributed by atoms with E-state index in [2.05, 4.69) is 5.32 Å². The van der Waals surface area contributed by atoms with Gasteiger partial charge in [-0.25, -0.2) is 8.42 Å². The smallest absolute Gasteiger partial charge is 0.243 e. The second-order valence-electron chi connectivity index (χ2n) is 8.43. The monoisotopic (exact) mass is 471 g/mol. The average Bonchev–Trinajstić information content (AvgIpc) is 2.80. The lowest BCUT2D eigenvalue weighted by atomic mass is 9.90. The van der Waals surface area contributed by atoms with E-state index in [0.717, 1.165) is 17.5 Å². The number of benzene rings is 2. The number of hydrogen-bond donors (Lipinski definition) is 1. The summed E-state index contributed by atoms with van der Waals surface area (Å²) in [5.74, 6) is -0.349. The Labute approximate surface area is 194 Å². The first-order valence-corrected chi connectivity index (χ1v) is 12.5. The molecule has 1 unspecified atom stereocenters. The van der Waals surface area contributed by atoms with Crippen LogP contribution in [-0.2, 0) is 30.8 Å². The van der Waals surface area contributed by atoms with Gasteiger partial charge in [0.15, 0.2) is 0 Å². The van der Waals surface area contributed by atoms with Crippen LogP contribution in [0.2, 0.25) is 0 Å². The lowest BCUT2D eigenvalue weighted by Crippen LogP contribution is -2.41. The molecule has 0 bridgehead atoms. The number of ether oxygens (including phenoxy) is 1. The fraction of sp³-hybridized carbons (Fsp3) is 0.417. The lowest BCUT2D eigenvalue weighted by molar-refractivity contribution is -0.132. The van der Waals surface area contributed by atoms with Gasteiger partial charge in [-0.1, -0.05) is 30.3 Å². The molecule has 1 fully saturated rings. The van der Waals surface area contributed by atoms with Gasteiger partial charge in [0.05, 0.1) is 30.6 Å². The van der Waals surface area contributed by atoms with E-state index in [1.54, 1.807) is 24.0 Å². The number of amides is 2. The van der Waals surface area contributed by atoms with Crippen LogP contribution in [0.1, 0.15) is 36.1 Å². The van der Waals surface area contributed by atoms with Gasteiger partial charge in [0.2, 0.25) is 21.8 Å². The van der Waals surface area contributed by atoms with Crippen molar-refractivity contribution < 1.29 is 22.7 Å². The summed E-state index contributed by atoms with van der Waals surface area (Å²) in [7, 11) is -3.69. The molecule has 1 saturated heterocycles. The number of anilines is 1. The summed E-state index contributed by atoms with van der Waals surface area (Å²) >= 11 is 0. The molecule has 2 aromatic rings. The van der Waals surface area contributed by atoms with Crippen LogP contribution in [-0.4, -0.2) is 62.3 Å². The van der Waals surface area contributed by atoms with E-state index >= 15 is 0 Å². The quantitative estimate of drug-likeness (QED) is 0.723. The van der Waals surface area contributed by atoms with Gasteiger partial charge < -0.3 is 15.0 Å². The Morgan fingerprint density at radius 1 is 1.09 bits per heavy atom. The zero-order valence-electron chi connectivity index (χ0n) is 18.9. The first-order valence-electron chi connectivity index (χ1n) is 11.1. The van der Waals surface area contributed by atoms with Gasteiger partial charge in [0.25, 0.3) is 0 Å². The van der Waals surface area contributed by atoms with Crippen LogP contribution in [0.4, 0.5) is 5.69 Å². The molecule has 8 nitrogen and oxygen atoms in total. The number of aryl methyl sites for hydroxylation is 1. The van der Waals surface area contributed by atoms with E-state index in [-0.39, 0.29) is 29.2 Å². The summed E-state index contributed by atoms with van der Waals surface area (Å²) in [6.45, 7) is 5.16. The normalized spacial score (nSPS) is 19.1. The molecule has 2 aromatic carbocycles. The number of morpholine rings is 1. The van der Waals surface area contributed by atoms with Gasteiger partial charge in [0, 0.05) is 32.2 Å². The predicted octanol–water partition coefficient (Wildman–Crippen LogP) is 2.49. The van der Waals surface area contributed by atoms with Crippen molar-refractivity contribution in [2.75, 3.05) is 38.2 Å². The van der Waals surface area contributed by atoms with E-state index in [1.165, 1.54) is 17.3 Å². The SMILES string of the molecule is CC(=O)N1CCc2ccccc2C1CC(=O)Nc1ccc(C)c(S(=O)(=O)N2CCOCC2)c1. The molecule has 2 aliphatic heterocycles. The zero-order chi connectivity index (χ0) is 23.6. The molecule has 2 heterocycles. The van der Waals surface area contributed by atoms with Crippen LogP contribution in [0, 0.1) is 6.92 Å². The first kappa shape index (κ1) is 23.4. The van der Waals surface area contributed by atoms with Crippen molar-refractivity contribution in [2.24, 2.45) is 0 Å². The molecule has 9 heteroatoms. The van der Waals surface area contributed by atoms with Crippen molar-refractivity contribution >= 4 is 27.5 Å².